The van der Waals surface area contributed by atoms with Crippen LogP contribution in [0.15, 0.2) is 0 Å². The van der Waals surface area contributed by atoms with Crippen molar-refractivity contribution in [3.8, 4) is 0 Å². The second-order valence-corrected chi connectivity index (χ2v) is 4.20. The molecule has 2 amide bonds. The molecule has 0 aliphatic carbocycles. The van der Waals surface area contributed by atoms with Gasteiger partial charge < -0.3 is 16.0 Å². The molecule has 4 nitrogen and oxygen atoms in total. The van der Waals surface area contributed by atoms with Crippen LogP contribution < -0.4 is 11.1 Å². The van der Waals surface area contributed by atoms with Gasteiger partial charge in [-0.25, -0.2) is 4.79 Å². The Morgan fingerprint density at radius 1 is 1.54 bits per heavy atom. The van der Waals surface area contributed by atoms with Gasteiger partial charge in [-0.15, -0.1) is 0 Å². The summed E-state index contributed by atoms with van der Waals surface area (Å²) in [6.45, 7) is 3.28. The number of rotatable bonds is 6. The van der Waals surface area contributed by atoms with Crippen LogP contribution in [0, 0.1) is 0 Å². The Morgan fingerprint density at radius 2 is 2.38 bits per heavy atom. The summed E-state index contributed by atoms with van der Waals surface area (Å²) in [5.74, 6) is 2.12. The van der Waals surface area contributed by atoms with Crippen LogP contribution in [0.25, 0.3) is 0 Å². The summed E-state index contributed by atoms with van der Waals surface area (Å²) >= 11 is 1.87. The van der Waals surface area contributed by atoms with Crippen LogP contribution in [0.2, 0.25) is 0 Å². The Morgan fingerprint density at radius 3 is 3.00 bits per heavy atom. The quantitative estimate of drug-likeness (QED) is 0.602. The van der Waals surface area contributed by atoms with E-state index in [0.717, 1.165) is 44.1 Å². The molecule has 1 saturated heterocycles. The zero-order chi connectivity index (χ0) is 9.52. The van der Waals surface area contributed by atoms with Crippen LogP contribution in [-0.2, 0) is 0 Å². The molecule has 3 N–H and O–H groups in total. The zero-order valence-corrected chi connectivity index (χ0v) is 8.61. The van der Waals surface area contributed by atoms with Gasteiger partial charge in [0.15, 0.2) is 0 Å². The number of urea groups is 1. The van der Waals surface area contributed by atoms with Gasteiger partial charge in [-0.1, -0.05) is 0 Å². The van der Waals surface area contributed by atoms with E-state index in [0.29, 0.717) is 0 Å². The second kappa shape index (κ2) is 6.10. The number of carbonyl (C=O) groups is 1. The van der Waals surface area contributed by atoms with E-state index in [1.54, 1.807) is 0 Å². The van der Waals surface area contributed by atoms with Gasteiger partial charge in [-0.2, -0.15) is 11.8 Å². The first-order valence-electron chi connectivity index (χ1n) is 4.65. The Bertz CT molecular complexity index is 165. The van der Waals surface area contributed by atoms with Gasteiger partial charge in [-0.3, -0.25) is 0 Å². The van der Waals surface area contributed by atoms with Gasteiger partial charge in [0.05, 0.1) is 0 Å². The molecule has 0 atom stereocenters. The molecule has 0 unspecified atom stereocenters. The van der Waals surface area contributed by atoms with E-state index in [9.17, 15) is 4.79 Å². The lowest BCUT2D eigenvalue weighted by Crippen LogP contribution is -2.30. The molecule has 76 valence electrons. The lowest BCUT2D eigenvalue weighted by molar-refractivity contribution is 0.220. The lowest BCUT2D eigenvalue weighted by atomic mass is 10.5. The number of nitrogens with one attached hydrogen (secondary N) is 1. The third-order valence-corrected chi connectivity index (χ3v) is 2.99. The maximum Gasteiger partial charge on any atom is 0.317 e. The van der Waals surface area contributed by atoms with E-state index in [1.165, 1.54) is 0 Å². The van der Waals surface area contributed by atoms with Gasteiger partial charge in [0.1, 0.15) is 0 Å². The lowest BCUT2D eigenvalue weighted by Gasteiger charge is -2.12. The first-order valence-corrected chi connectivity index (χ1v) is 5.80. The molecule has 1 fully saturated rings. The molecular weight excluding hydrogens is 186 g/mol. The van der Waals surface area contributed by atoms with Crippen LogP contribution in [0.5, 0.6) is 0 Å². The molecule has 0 bridgehead atoms. The predicted molar refractivity (Wildman–Crippen MR) is 56.0 cm³/mol. The van der Waals surface area contributed by atoms with Gasteiger partial charge in [0, 0.05) is 25.4 Å². The molecule has 1 rings (SSSR count). The topological polar surface area (TPSA) is 58.4 Å². The zero-order valence-electron chi connectivity index (χ0n) is 7.79. The van der Waals surface area contributed by atoms with E-state index >= 15 is 0 Å². The summed E-state index contributed by atoms with van der Waals surface area (Å²) in [6, 6.07) is 0.0828. The fraction of sp³-hybridized carbons (Fsp3) is 0.875. The molecule has 0 aromatic rings. The van der Waals surface area contributed by atoms with Crippen molar-refractivity contribution < 1.29 is 4.79 Å². The predicted octanol–water partition coefficient (Wildman–Crippen LogP) is 0.0936. The molecule has 0 aromatic heterocycles. The summed E-state index contributed by atoms with van der Waals surface area (Å²) in [5.41, 5.74) is 5.37. The Hall–Kier alpha value is -0.420. The number of carbonyl (C=O) groups excluding carboxylic acids is 1. The normalized spacial score (nSPS) is 16.4. The highest BCUT2D eigenvalue weighted by Crippen LogP contribution is 2.04. The first-order chi connectivity index (χ1) is 6.34. The van der Waals surface area contributed by atoms with Gasteiger partial charge in [-0.05, 0) is 18.7 Å². The monoisotopic (exact) mass is 203 g/mol. The third kappa shape index (κ3) is 3.87. The van der Waals surface area contributed by atoms with Gasteiger partial charge in [0.25, 0.3) is 0 Å². The van der Waals surface area contributed by atoms with Crippen LogP contribution in [0.4, 0.5) is 4.79 Å². The smallest absolute Gasteiger partial charge is 0.317 e. The van der Waals surface area contributed by atoms with Crippen molar-refractivity contribution in [3.63, 3.8) is 0 Å². The van der Waals surface area contributed by atoms with Crippen molar-refractivity contribution in [1.82, 2.24) is 10.2 Å². The standard InChI is InChI=1S/C8H17N3OS/c9-2-1-6-13-7-5-11-4-3-10-8(11)12/h1-7,9H2,(H,10,12). The number of thioether (sulfide) groups is 1. The number of hydrogen-bond donors (Lipinski definition) is 2. The SMILES string of the molecule is NCCCSCCN1CCNC1=O. The van der Waals surface area contributed by atoms with Crippen molar-refractivity contribution in [3.05, 3.63) is 0 Å². The number of hydrogen-bond acceptors (Lipinski definition) is 3. The van der Waals surface area contributed by atoms with E-state index in [-0.39, 0.29) is 6.03 Å². The molecule has 1 heterocycles. The molecule has 0 radical (unpaired) electrons. The molecular formula is C8H17N3OS. The van der Waals surface area contributed by atoms with E-state index < -0.39 is 0 Å². The van der Waals surface area contributed by atoms with Crippen molar-refractivity contribution in [1.29, 1.82) is 0 Å². The fourth-order valence-electron chi connectivity index (χ4n) is 1.19. The average molecular weight is 203 g/mol. The molecule has 0 aromatic carbocycles. The van der Waals surface area contributed by atoms with Crippen molar-refractivity contribution in [2.45, 2.75) is 6.42 Å². The summed E-state index contributed by atoms with van der Waals surface area (Å²) in [7, 11) is 0. The third-order valence-electron chi connectivity index (χ3n) is 1.94. The number of amides is 2. The van der Waals surface area contributed by atoms with Crippen molar-refractivity contribution >= 4 is 17.8 Å². The number of nitrogens with two attached hydrogens (primary N) is 1. The number of nitrogens with zero attached hydrogens (tertiary/aromatic N) is 1. The molecule has 0 spiro atoms. The minimum Gasteiger partial charge on any atom is -0.336 e. The minimum absolute atomic E-state index is 0.0828. The molecule has 5 heteroatoms. The maximum absolute atomic E-state index is 11.1. The summed E-state index contributed by atoms with van der Waals surface area (Å²) in [4.78, 5) is 12.9. The first kappa shape index (κ1) is 10.7. The van der Waals surface area contributed by atoms with E-state index in [2.05, 4.69) is 5.32 Å². The largest absolute Gasteiger partial charge is 0.336 e. The minimum atomic E-state index is 0.0828. The van der Waals surface area contributed by atoms with Crippen molar-refractivity contribution in [2.24, 2.45) is 5.73 Å². The maximum atomic E-state index is 11.1. The molecule has 13 heavy (non-hydrogen) atoms. The van der Waals surface area contributed by atoms with Crippen LogP contribution >= 0.6 is 11.8 Å². The molecule has 0 saturated carbocycles. The highest BCUT2D eigenvalue weighted by molar-refractivity contribution is 7.99. The highest BCUT2D eigenvalue weighted by atomic mass is 32.2. The van der Waals surface area contributed by atoms with Gasteiger partial charge in [0.2, 0.25) is 0 Å². The summed E-state index contributed by atoms with van der Waals surface area (Å²) < 4.78 is 0. The van der Waals surface area contributed by atoms with E-state index in [4.69, 9.17) is 5.73 Å². The van der Waals surface area contributed by atoms with E-state index in [1.807, 2.05) is 16.7 Å². The summed E-state index contributed by atoms with van der Waals surface area (Å²) in [6.07, 6.45) is 1.07. The fourth-order valence-corrected chi connectivity index (χ4v) is 2.11. The summed E-state index contributed by atoms with van der Waals surface area (Å²) in [5, 5.41) is 2.78. The van der Waals surface area contributed by atoms with Crippen molar-refractivity contribution in [2.75, 3.05) is 37.7 Å². The molecule has 1 aliphatic rings. The average Bonchev–Trinajstić information content (AvgIpc) is 2.52. The van der Waals surface area contributed by atoms with Crippen LogP contribution in [0.1, 0.15) is 6.42 Å². The van der Waals surface area contributed by atoms with Crippen LogP contribution in [0.3, 0.4) is 0 Å². The van der Waals surface area contributed by atoms with Gasteiger partial charge >= 0.3 is 6.03 Å². The van der Waals surface area contributed by atoms with Crippen LogP contribution in [-0.4, -0.2) is 48.6 Å². The Balaban J connectivity index is 1.96. The Kier molecular flexibility index (Phi) is 5.00. The molecule has 1 aliphatic heterocycles. The Labute approximate surface area is 83.2 Å². The highest BCUT2D eigenvalue weighted by Gasteiger charge is 2.17. The second-order valence-electron chi connectivity index (χ2n) is 2.97.